The number of fused-ring (bicyclic) bond motifs is 1. The van der Waals surface area contributed by atoms with Crippen molar-refractivity contribution in [1.82, 2.24) is 4.90 Å². The fourth-order valence-electron chi connectivity index (χ4n) is 3.00. The molecule has 0 N–H and O–H groups in total. The number of carbonyl (C=O) groups is 2. The van der Waals surface area contributed by atoms with E-state index in [1.54, 1.807) is 24.3 Å². The molecule has 0 spiro atoms. The molecule has 1 saturated heterocycles. The molecule has 2 unspecified atom stereocenters. The Morgan fingerprint density at radius 1 is 0.864 bits per heavy atom. The number of amides is 2. The van der Waals surface area contributed by atoms with Crippen molar-refractivity contribution in [3.8, 4) is 0 Å². The van der Waals surface area contributed by atoms with Crippen molar-refractivity contribution in [2.45, 2.75) is 18.6 Å². The minimum absolute atomic E-state index is 0.0895. The Hall–Kier alpha value is -2.46. The second-order valence-electron chi connectivity index (χ2n) is 5.60. The summed E-state index contributed by atoms with van der Waals surface area (Å²) in [5, 5.41) is 0. The minimum Gasteiger partial charge on any atom is -0.364 e. The average Bonchev–Trinajstić information content (AvgIpc) is 3.30. The molecule has 22 heavy (non-hydrogen) atoms. The van der Waals surface area contributed by atoms with Crippen molar-refractivity contribution < 1.29 is 14.3 Å². The summed E-state index contributed by atoms with van der Waals surface area (Å²) >= 11 is 0. The molecule has 2 heterocycles. The molecule has 2 aromatic rings. The van der Waals surface area contributed by atoms with E-state index < -0.39 is 0 Å². The molecule has 2 aliphatic rings. The maximum Gasteiger partial charge on any atom is 0.261 e. The van der Waals surface area contributed by atoms with Gasteiger partial charge in [0, 0.05) is 6.54 Å². The fraction of sp³-hybridized carbons (Fsp3) is 0.222. The number of hydrogen-bond donors (Lipinski definition) is 0. The van der Waals surface area contributed by atoms with E-state index in [-0.39, 0.29) is 24.0 Å². The van der Waals surface area contributed by atoms with Crippen LogP contribution in [0.3, 0.4) is 0 Å². The zero-order valence-corrected chi connectivity index (χ0v) is 11.9. The molecule has 2 amide bonds. The van der Waals surface area contributed by atoms with Gasteiger partial charge in [0.25, 0.3) is 11.8 Å². The SMILES string of the molecule is O=C1c2ccccc2C(=O)N1CCC1OC1c1ccccc1. The van der Waals surface area contributed by atoms with E-state index in [4.69, 9.17) is 4.74 Å². The van der Waals surface area contributed by atoms with Gasteiger partial charge in [-0.15, -0.1) is 0 Å². The Kier molecular flexibility index (Phi) is 3.05. The smallest absolute Gasteiger partial charge is 0.261 e. The monoisotopic (exact) mass is 293 g/mol. The number of nitrogens with zero attached hydrogens (tertiary/aromatic N) is 1. The standard InChI is InChI=1S/C18H15NO3/c20-17-13-8-4-5-9-14(13)18(21)19(17)11-10-15-16(22-15)12-6-2-1-3-7-12/h1-9,15-16H,10-11H2. The van der Waals surface area contributed by atoms with Gasteiger partial charge in [0.05, 0.1) is 17.2 Å². The van der Waals surface area contributed by atoms with Crippen LogP contribution in [0, 0.1) is 0 Å². The molecule has 0 radical (unpaired) electrons. The van der Waals surface area contributed by atoms with Crippen LogP contribution in [0.5, 0.6) is 0 Å². The molecular weight excluding hydrogens is 278 g/mol. The molecule has 2 aromatic carbocycles. The van der Waals surface area contributed by atoms with E-state index >= 15 is 0 Å². The molecule has 4 rings (SSSR count). The molecule has 4 nitrogen and oxygen atoms in total. The molecule has 0 saturated carbocycles. The van der Waals surface area contributed by atoms with E-state index in [1.807, 2.05) is 30.3 Å². The lowest BCUT2D eigenvalue weighted by atomic mass is 10.1. The Morgan fingerprint density at radius 2 is 1.45 bits per heavy atom. The Bertz CT molecular complexity index is 706. The third kappa shape index (κ3) is 2.12. The molecule has 2 atom stereocenters. The molecular formula is C18H15NO3. The predicted octanol–water partition coefficient (Wildman–Crippen LogP) is 2.81. The van der Waals surface area contributed by atoms with Gasteiger partial charge in [-0.2, -0.15) is 0 Å². The molecule has 4 heteroatoms. The number of hydrogen-bond acceptors (Lipinski definition) is 3. The van der Waals surface area contributed by atoms with E-state index in [0.29, 0.717) is 24.1 Å². The number of ether oxygens (including phenoxy) is 1. The van der Waals surface area contributed by atoms with Crippen molar-refractivity contribution in [1.29, 1.82) is 0 Å². The number of rotatable bonds is 4. The summed E-state index contributed by atoms with van der Waals surface area (Å²) in [5.41, 5.74) is 2.16. The van der Waals surface area contributed by atoms with Crippen LogP contribution in [0.15, 0.2) is 54.6 Å². The lowest BCUT2D eigenvalue weighted by molar-refractivity contribution is 0.0649. The van der Waals surface area contributed by atoms with Crippen LogP contribution in [0.25, 0.3) is 0 Å². The van der Waals surface area contributed by atoms with Gasteiger partial charge < -0.3 is 4.74 Å². The first-order valence-corrected chi connectivity index (χ1v) is 7.41. The Morgan fingerprint density at radius 3 is 2.09 bits per heavy atom. The topological polar surface area (TPSA) is 49.9 Å². The second kappa shape index (κ2) is 5.07. The van der Waals surface area contributed by atoms with Gasteiger partial charge in [-0.3, -0.25) is 14.5 Å². The van der Waals surface area contributed by atoms with Crippen molar-refractivity contribution >= 4 is 11.8 Å². The summed E-state index contributed by atoms with van der Waals surface area (Å²) in [7, 11) is 0. The summed E-state index contributed by atoms with van der Waals surface area (Å²) < 4.78 is 5.66. The van der Waals surface area contributed by atoms with Gasteiger partial charge in [-0.1, -0.05) is 42.5 Å². The average molecular weight is 293 g/mol. The van der Waals surface area contributed by atoms with Crippen molar-refractivity contribution in [2.24, 2.45) is 0 Å². The number of epoxide rings is 1. The highest BCUT2D eigenvalue weighted by atomic mass is 16.6. The van der Waals surface area contributed by atoms with Gasteiger partial charge in [-0.05, 0) is 24.1 Å². The lowest BCUT2D eigenvalue weighted by Crippen LogP contribution is -2.31. The number of imide groups is 1. The molecule has 0 aliphatic carbocycles. The molecule has 2 aliphatic heterocycles. The highest BCUT2D eigenvalue weighted by Gasteiger charge is 2.42. The summed E-state index contributed by atoms with van der Waals surface area (Å²) in [6.07, 6.45) is 0.855. The van der Waals surface area contributed by atoms with Crippen molar-refractivity contribution in [2.75, 3.05) is 6.54 Å². The van der Waals surface area contributed by atoms with E-state index in [2.05, 4.69) is 0 Å². The van der Waals surface area contributed by atoms with E-state index in [1.165, 1.54) is 4.90 Å². The van der Waals surface area contributed by atoms with Gasteiger partial charge >= 0.3 is 0 Å². The zero-order chi connectivity index (χ0) is 15.1. The Labute approximate surface area is 128 Å². The van der Waals surface area contributed by atoms with E-state index in [0.717, 1.165) is 5.56 Å². The predicted molar refractivity (Wildman–Crippen MR) is 80.5 cm³/mol. The second-order valence-corrected chi connectivity index (χ2v) is 5.60. The lowest BCUT2D eigenvalue weighted by Gasteiger charge is -2.12. The molecule has 1 fully saturated rings. The maximum atomic E-state index is 12.3. The van der Waals surface area contributed by atoms with Crippen LogP contribution in [-0.2, 0) is 4.74 Å². The van der Waals surface area contributed by atoms with Gasteiger partial charge in [-0.25, -0.2) is 0 Å². The summed E-state index contributed by atoms with van der Waals surface area (Å²) in [5.74, 6) is -0.393. The first-order chi connectivity index (χ1) is 10.8. The Balaban J connectivity index is 1.40. The first kappa shape index (κ1) is 13.2. The maximum absolute atomic E-state index is 12.3. The summed E-state index contributed by atoms with van der Waals surface area (Å²) in [4.78, 5) is 25.8. The van der Waals surface area contributed by atoms with Crippen molar-refractivity contribution in [3.63, 3.8) is 0 Å². The fourth-order valence-corrected chi connectivity index (χ4v) is 3.00. The molecule has 110 valence electrons. The summed E-state index contributed by atoms with van der Waals surface area (Å²) in [6.45, 7) is 0.403. The quantitative estimate of drug-likeness (QED) is 0.643. The van der Waals surface area contributed by atoms with Crippen LogP contribution >= 0.6 is 0 Å². The molecule has 0 bridgehead atoms. The van der Waals surface area contributed by atoms with Crippen LogP contribution in [-0.4, -0.2) is 29.4 Å². The highest BCUT2D eigenvalue weighted by Crippen LogP contribution is 2.41. The highest BCUT2D eigenvalue weighted by molar-refractivity contribution is 6.21. The van der Waals surface area contributed by atoms with Crippen LogP contribution in [0.2, 0.25) is 0 Å². The van der Waals surface area contributed by atoms with E-state index in [9.17, 15) is 9.59 Å². The molecule has 0 aromatic heterocycles. The number of benzene rings is 2. The van der Waals surface area contributed by atoms with Gasteiger partial charge in [0.15, 0.2) is 0 Å². The third-order valence-corrected chi connectivity index (χ3v) is 4.23. The van der Waals surface area contributed by atoms with Crippen LogP contribution < -0.4 is 0 Å². The summed E-state index contributed by atoms with van der Waals surface area (Å²) in [6, 6.07) is 17.0. The zero-order valence-electron chi connectivity index (χ0n) is 11.9. The van der Waals surface area contributed by atoms with Crippen LogP contribution in [0.1, 0.15) is 38.8 Å². The number of carbonyl (C=O) groups excluding carboxylic acids is 2. The van der Waals surface area contributed by atoms with Gasteiger partial charge in [0.1, 0.15) is 6.10 Å². The van der Waals surface area contributed by atoms with Crippen LogP contribution in [0.4, 0.5) is 0 Å². The largest absolute Gasteiger partial charge is 0.364 e. The first-order valence-electron chi connectivity index (χ1n) is 7.41. The normalized spacial score (nSPS) is 22.8. The minimum atomic E-state index is -0.197. The third-order valence-electron chi connectivity index (χ3n) is 4.23. The van der Waals surface area contributed by atoms with Gasteiger partial charge in [0.2, 0.25) is 0 Å². The van der Waals surface area contributed by atoms with Crippen molar-refractivity contribution in [3.05, 3.63) is 71.3 Å².